The number of aromatic nitrogens is 1. The van der Waals surface area contributed by atoms with E-state index in [-0.39, 0.29) is 5.82 Å². The van der Waals surface area contributed by atoms with Gasteiger partial charge in [-0.1, -0.05) is 12.1 Å². The van der Waals surface area contributed by atoms with Gasteiger partial charge in [0.2, 0.25) is 0 Å². The number of nitrogens with one attached hydrogen (secondary N) is 2. The van der Waals surface area contributed by atoms with Crippen LogP contribution in [0, 0.1) is 5.82 Å². The molecule has 0 aliphatic heterocycles. The van der Waals surface area contributed by atoms with Crippen molar-refractivity contribution in [3.63, 3.8) is 0 Å². The lowest BCUT2D eigenvalue weighted by atomic mass is 10.0. The molecule has 2 atom stereocenters. The van der Waals surface area contributed by atoms with Gasteiger partial charge in [-0.15, -0.1) is 0 Å². The second-order valence-corrected chi connectivity index (χ2v) is 5.68. The number of nitrogens with zero attached hydrogens (tertiary/aromatic N) is 2. The van der Waals surface area contributed by atoms with Crippen LogP contribution >= 0.6 is 0 Å². The van der Waals surface area contributed by atoms with Crippen molar-refractivity contribution >= 4 is 17.5 Å². The van der Waals surface area contributed by atoms with Crippen LogP contribution in [-0.2, 0) is 0 Å². The molecule has 1 aromatic carbocycles. The summed E-state index contributed by atoms with van der Waals surface area (Å²) in [6.45, 7) is 1.67. The molecule has 0 radical (unpaired) electrons. The molecule has 0 bridgehead atoms. The van der Waals surface area contributed by atoms with Gasteiger partial charge < -0.3 is 20.6 Å². The van der Waals surface area contributed by atoms with Gasteiger partial charge in [0.25, 0.3) is 0 Å². The third kappa shape index (κ3) is 4.66. The Bertz CT molecular complexity index is 674. The Balaban J connectivity index is 1.92. The molecule has 1 aromatic heterocycles. The van der Waals surface area contributed by atoms with Gasteiger partial charge in [-0.3, -0.25) is 0 Å². The summed E-state index contributed by atoms with van der Waals surface area (Å²) >= 11 is 0. The van der Waals surface area contributed by atoms with Crippen molar-refractivity contribution in [3.8, 4) is 0 Å². The zero-order valence-corrected chi connectivity index (χ0v) is 13.8. The number of hydrogen-bond acceptors (Lipinski definition) is 4. The van der Waals surface area contributed by atoms with Crippen molar-refractivity contribution in [3.05, 3.63) is 54.0 Å². The third-order valence-corrected chi connectivity index (χ3v) is 3.51. The molecule has 2 unspecified atom stereocenters. The Morgan fingerprint density at radius 2 is 1.88 bits per heavy atom. The number of aliphatic hydroxyl groups excluding tert-OH is 1. The largest absolute Gasteiger partial charge is 0.386 e. The normalized spacial score (nSPS) is 13.0. The molecule has 3 N–H and O–H groups in total. The van der Waals surface area contributed by atoms with Gasteiger partial charge in [0.1, 0.15) is 11.6 Å². The van der Waals surface area contributed by atoms with Gasteiger partial charge in [0.15, 0.2) is 0 Å². The van der Waals surface area contributed by atoms with Gasteiger partial charge in [0.05, 0.1) is 24.0 Å². The van der Waals surface area contributed by atoms with E-state index in [0.717, 1.165) is 5.82 Å². The van der Waals surface area contributed by atoms with E-state index in [9.17, 15) is 14.3 Å². The zero-order valence-electron chi connectivity index (χ0n) is 13.8. The summed E-state index contributed by atoms with van der Waals surface area (Å²) in [6.07, 6.45) is 0.612. The molecule has 128 valence electrons. The van der Waals surface area contributed by atoms with Crippen molar-refractivity contribution in [1.29, 1.82) is 0 Å². The fourth-order valence-electron chi connectivity index (χ4n) is 2.13. The number of pyridine rings is 1. The van der Waals surface area contributed by atoms with Crippen LogP contribution in [0.5, 0.6) is 0 Å². The van der Waals surface area contributed by atoms with Crippen molar-refractivity contribution in [2.45, 2.75) is 19.1 Å². The number of aliphatic hydroxyl groups is 1. The first-order chi connectivity index (χ1) is 11.4. The van der Waals surface area contributed by atoms with Gasteiger partial charge in [0, 0.05) is 14.1 Å². The minimum Gasteiger partial charge on any atom is -0.386 e. The fraction of sp³-hybridized carbons (Fsp3) is 0.294. The summed E-state index contributed by atoms with van der Waals surface area (Å²) in [5, 5.41) is 15.5. The SMILES string of the molecule is CC(NC(=O)Nc1ccc(N(C)C)nc1)C(O)c1ccc(F)cc1. The highest BCUT2D eigenvalue weighted by Crippen LogP contribution is 2.17. The molecule has 7 heteroatoms. The van der Waals surface area contributed by atoms with Crippen LogP contribution in [0.3, 0.4) is 0 Å². The smallest absolute Gasteiger partial charge is 0.319 e. The molecular formula is C17H21FN4O2. The van der Waals surface area contributed by atoms with Crippen LogP contribution < -0.4 is 15.5 Å². The molecule has 6 nitrogen and oxygen atoms in total. The molecule has 2 aromatic rings. The Morgan fingerprint density at radius 3 is 2.42 bits per heavy atom. The summed E-state index contributed by atoms with van der Waals surface area (Å²) in [4.78, 5) is 18.1. The maximum atomic E-state index is 12.9. The summed E-state index contributed by atoms with van der Waals surface area (Å²) in [5.41, 5.74) is 1.07. The number of amides is 2. The van der Waals surface area contributed by atoms with Crippen molar-refractivity contribution in [2.75, 3.05) is 24.3 Å². The van der Waals surface area contributed by atoms with E-state index < -0.39 is 18.2 Å². The molecule has 0 saturated heterocycles. The Hall–Kier alpha value is -2.67. The van der Waals surface area contributed by atoms with Gasteiger partial charge in [-0.25, -0.2) is 14.2 Å². The van der Waals surface area contributed by atoms with E-state index in [0.29, 0.717) is 11.3 Å². The van der Waals surface area contributed by atoms with Crippen molar-refractivity contribution in [2.24, 2.45) is 0 Å². The Labute approximate surface area is 140 Å². The Kier molecular flexibility index (Phi) is 5.70. The molecule has 2 rings (SSSR count). The summed E-state index contributed by atoms with van der Waals surface area (Å²) in [6, 6.07) is 8.02. The molecule has 1 heterocycles. The molecule has 0 aliphatic rings. The molecule has 0 saturated carbocycles. The number of halogens is 1. The highest BCUT2D eigenvalue weighted by molar-refractivity contribution is 5.89. The minimum atomic E-state index is -0.939. The van der Waals surface area contributed by atoms with E-state index in [4.69, 9.17) is 0 Å². The summed E-state index contributed by atoms with van der Waals surface area (Å²) in [5.74, 6) is 0.402. The molecule has 0 spiro atoms. The van der Waals surface area contributed by atoms with E-state index in [1.54, 1.807) is 25.3 Å². The highest BCUT2D eigenvalue weighted by Gasteiger charge is 2.18. The van der Waals surface area contributed by atoms with Crippen molar-refractivity contribution in [1.82, 2.24) is 10.3 Å². The molecule has 2 amide bonds. The van der Waals surface area contributed by atoms with E-state index in [1.807, 2.05) is 19.0 Å². The minimum absolute atomic E-state index is 0.377. The van der Waals surface area contributed by atoms with Crippen LogP contribution in [0.15, 0.2) is 42.6 Å². The van der Waals surface area contributed by atoms with Crippen molar-refractivity contribution < 1.29 is 14.3 Å². The predicted octanol–water partition coefficient (Wildman–Crippen LogP) is 2.53. The number of anilines is 2. The monoisotopic (exact) mass is 332 g/mol. The number of hydrogen-bond donors (Lipinski definition) is 3. The lowest BCUT2D eigenvalue weighted by Crippen LogP contribution is -2.39. The van der Waals surface area contributed by atoms with E-state index in [1.165, 1.54) is 24.3 Å². The molecule has 0 aliphatic carbocycles. The van der Waals surface area contributed by atoms with Crippen LogP contribution in [-0.4, -0.2) is 36.3 Å². The fourth-order valence-corrected chi connectivity index (χ4v) is 2.13. The first-order valence-corrected chi connectivity index (χ1v) is 7.51. The number of carbonyl (C=O) groups excluding carboxylic acids is 1. The quantitative estimate of drug-likeness (QED) is 0.786. The molecule has 0 fully saturated rings. The summed E-state index contributed by atoms with van der Waals surface area (Å²) < 4.78 is 12.9. The van der Waals surface area contributed by atoms with Crippen LogP contribution in [0.4, 0.5) is 20.7 Å². The molecular weight excluding hydrogens is 311 g/mol. The van der Waals surface area contributed by atoms with Crippen LogP contribution in [0.1, 0.15) is 18.6 Å². The highest BCUT2D eigenvalue weighted by atomic mass is 19.1. The maximum absolute atomic E-state index is 12.9. The molecule has 24 heavy (non-hydrogen) atoms. The van der Waals surface area contributed by atoms with Crippen LogP contribution in [0.25, 0.3) is 0 Å². The maximum Gasteiger partial charge on any atom is 0.319 e. The number of rotatable bonds is 5. The van der Waals surface area contributed by atoms with Gasteiger partial charge in [-0.2, -0.15) is 0 Å². The second kappa shape index (κ2) is 7.74. The summed E-state index contributed by atoms with van der Waals surface area (Å²) in [7, 11) is 3.75. The van der Waals surface area contributed by atoms with E-state index in [2.05, 4.69) is 15.6 Å². The lowest BCUT2D eigenvalue weighted by Gasteiger charge is -2.21. The third-order valence-electron chi connectivity index (χ3n) is 3.51. The first kappa shape index (κ1) is 17.7. The topological polar surface area (TPSA) is 77.5 Å². The zero-order chi connectivity index (χ0) is 17.7. The predicted molar refractivity (Wildman–Crippen MR) is 91.5 cm³/mol. The van der Waals surface area contributed by atoms with E-state index >= 15 is 0 Å². The number of carbonyl (C=O) groups is 1. The Morgan fingerprint density at radius 1 is 1.21 bits per heavy atom. The lowest BCUT2D eigenvalue weighted by molar-refractivity contribution is 0.139. The number of urea groups is 1. The number of benzene rings is 1. The van der Waals surface area contributed by atoms with Gasteiger partial charge in [-0.05, 0) is 36.8 Å². The van der Waals surface area contributed by atoms with Crippen LogP contribution in [0.2, 0.25) is 0 Å². The standard InChI is InChI=1S/C17H21FN4O2/c1-11(16(23)12-4-6-13(18)7-5-12)20-17(24)21-14-8-9-15(19-10-14)22(2)3/h4-11,16,23H,1-3H3,(H2,20,21,24). The van der Waals surface area contributed by atoms with Gasteiger partial charge >= 0.3 is 6.03 Å². The average molecular weight is 332 g/mol. The first-order valence-electron chi connectivity index (χ1n) is 7.51. The second-order valence-electron chi connectivity index (χ2n) is 5.68. The average Bonchev–Trinajstić information content (AvgIpc) is 2.55.